The van der Waals surface area contributed by atoms with Gasteiger partial charge in [-0.2, -0.15) is 0 Å². The van der Waals surface area contributed by atoms with Crippen LogP contribution in [-0.2, 0) is 4.74 Å². The third kappa shape index (κ3) is 2.44. The smallest absolute Gasteiger partial charge is 0.221 e. The molecule has 0 radical (unpaired) electrons. The summed E-state index contributed by atoms with van der Waals surface area (Å²) < 4.78 is 11.5. The Labute approximate surface area is 141 Å². The number of aromatic amines is 1. The Morgan fingerprint density at radius 2 is 2.04 bits per heavy atom. The predicted octanol–water partition coefficient (Wildman–Crippen LogP) is 4.40. The molecule has 1 aliphatic rings. The molecule has 0 saturated heterocycles. The Morgan fingerprint density at radius 3 is 2.79 bits per heavy atom. The molecule has 0 amide bonds. The third-order valence-electron chi connectivity index (χ3n) is 4.29. The van der Waals surface area contributed by atoms with Gasteiger partial charge in [0, 0.05) is 11.7 Å². The first kappa shape index (κ1) is 14.8. The maximum absolute atomic E-state index is 5.90. The maximum Gasteiger partial charge on any atom is 0.221 e. The van der Waals surface area contributed by atoms with Gasteiger partial charge in [0.25, 0.3) is 0 Å². The lowest BCUT2D eigenvalue weighted by Gasteiger charge is -2.14. The van der Waals surface area contributed by atoms with Gasteiger partial charge in [-0.3, -0.25) is 0 Å². The van der Waals surface area contributed by atoms with Crippen molar-refractivity contribution in [3.63, 3.8) is 0 Å². The molecule has 0 fully saturated rings. The van der Waals surface area contributed by atoms with Crippen molar-refractivity contribution in [1.82, 2.24) is 4.98 Å². The number of fused-ring (bicyclic) bond motifs is 1. The lowest BCUT2D eigenvalue weighted by atomic mass is 9.97. The molecular formula is C20H20N2O2. The van der Waals surface area contributed by atoms with Crippen LogP contribution in [0.25, 0.3) is 22.0 Å². The monoisotopic (exact) mass is 320 g/mol. The quantitative estimate of drug-likeness (QED) is 0.777. The lowest BCUT2D eigenvalue weighted by Crippen LogP contribution is -2.17. The summed E-state index contributed by atoms with van der Waals surface area (Å²) in [6, 6.07) is 14.5. The van der Waals surface area contributed by atoms with Crippen molar-refractivity contribution in [3.8, 4) is 16.9 Å². The molecule has 0 bridgehead atoms. The van der Waals surface area contributed by atoms with Crippen LogP contribution in [0, 0.1) is 0 Å². The number of benzene rings is 2. The van der Waals surface area contributed by atoms with Gasteiger partial charge in [-0.15, -0.1) is 0 Å². The van der Waals surface area contributed by atoms with E-state index in [1.807, 2.05) is 18.3 Å². The summed E-state index contributed by atoms with van der Waals surface area (Å²) in [6.07, 6.45) is 1.95. The summed E-state index contributed by atoms with van der Waals surface area (Å²) in [7, 11) is 1.68. The summed E-state index contributed by atoms with van der Waals surface area (Å²) >= 11 is 0. The van der Waals surface area contributed by atoms with E-state index >= 15 is 0 Å². The van der Waals surface area contributed by atoms with Gasteiger partial charge in [-0.1, -0.05) is 18.2 Å². The third-order valence-corrected chi connectivity index (χ3v) is 4.29. The van der Waals surface area contributed by atoms with Crippen molar-refractivity contribution >= 4 is 16.8 Å². The van der Waals surface area contributed by atoms with Crippen molar-refractivity contribution in [3.05, 3.63) is 54.2 Å². The van der Waals surface area contributed by atoms with Crippen LogP contribution >= 0.6 is 0 Å². The highest BCUT2D eigenvalue weighted by atomic mass is 16.5. The van der Waals surface area contributed by atoms with Crippen molar-refractivity contribution in [2.24, 2.45) is 4.99 Å². The molecule has 4 rings (SSSR count). The Bertz CT molecular complexity index is 938. The Kier molecular flexibility index (Phi) is 3.34. The first-order chi connectivity index (χ1) is 11.6. The number of H-pyrrole nitrogens is 1. The average molecular weight is 320 g/mol. The average Bonchev–Trinajstić information content (AvgIpc) is 3.19. The fourth-order valence-corrected chi connectivity index (χ4v) is 3.10. The van der Waals surface area contributed by atoms with E-state index in [-0.39, 0.29) is 5.54 Å². The molecule has 4 nitrogen and oxygen atoms in total. The molecule has 0 unspecified atom stereocenters. The summed E-state index contributed by atoms with van der Waals surface area (Å²) in [4.78, 5) is 7.97. The van der Waals surface area contributed by atoms with E-state index in [1.165, 1.54) is 5.39 Å². The van der Waals surface area contributed by atoms with Crippen LogP contribution in [-0.4, -0.2) is 30.1 Å². The van der Waals surface area contributed by atoms with Crippen LogP contribution in [0.1, 0.15) is 19.4 Å². The molecule has 3 aromatic rings. The number of hydrogen-bond acceptors (Lipinski definition) is 3. The van der Waals surface area contributed by atoms with E-state index < -0.39 is 0 Å². The van der Waals surface area contributed by atoms with Crippen molar-refractivity contribution in [2.75, 3.05) is 13.7 Å². The zero-order chi connectivity index (χ0) is 16.7. The Balaban J connectivity index is 1.92. The van der Waals surface area contributed by atoms with Gasteiger partial charge in [0.15, 0.2) is 0 Å². The first-order valence-corrected chi connectivity index (χ1v) is 8.05. The largest absolute Gasteiger partial charge is 0.496 e. The summed E-state index contributed by atoms with van der Waals surface area (Å²) in [5.41, 5.74) is 4.01. The molecular weight excluding hydrogens is 300 g/mol. The highest BCUT2D eigenvalue weighted by Crippen LogP contribution is 2.35. The van der Waals surface area contributed by atoms with E-state index in [4.69, 9.17) is 14.5 Å². The highest BCUT2D eigenvalue weighted by Gasteiger charge is 2.30. The number of nitrogens with zero attached hydrogens (tertiary/aromatic N) is 1. The number of aromatic nitrogens is 1. The topological polar surface area (TPSA) is 46.6 Å². The van der Waals surface area contributed by atoms with Crippen molar-refractivity contribution in [1.29, 1.82) is 0 Å². The number of methoxy groups -OCH3 is 1. The molecule has 1 N–H and O–H groups in total. The van der Waals surface area contributed by atoms with E-state index in [0.717, 1.165) is 28.0 Å². The van der Waals surface area contributed by atoms with Gasteiger partial charge in [-0.05, 0) is 54.6 Å². The number of hydrogen-bond donors (Lipinski definition) is 1. The number of nitrogens with one attached hydrogen (secondary N) is 1. The molecule has 0 atom stereocenters. The molecule has 1 aliphatic heterocycles. The molecule has 0 spiro atoms. The molecule has 2 heterocycles. The molecule has 4 heteroatoms. The van der Waals surface area contributed by atoms with Gasteiger partial charge in [0.05, 0.1) is 18.2 Å². The second-order valence-corrected chi connectivity index (χ2v) is 6.68. The second kappa shape index (κ2) is 5.41. The number of rotatable bonds is 3. The number of aliphatic imine (C=N–C) groups is 1. The van der Waals surface area contributed by atoms with Crippen molar-refractivity contribution in [2.45, 2.75) is 19.4 Å². The van der Waals surface area contributed by atoms with E-state index in [0.29, 0.717) is 12.5 Å². The molecule has 1 aromatic heterocycles. The van der Waals surface area contributed by atoms with Crippen LogP contribution in [0.5, 0.6) is 5.75 Å². The standard InChI is InChI=1S/C20H20N2O2/c1-20(2)12-24-19(22-20)18-15(5-4-6-17(18)23-3)13-7-8-16-14(11-13)9-10-21-16/h4-11,21H,12H2,1-3H3. The SMILES string of the molecule is COc1cccc(-c2ccc3[nH]ccc3c2)c1C1=NC(C)(C)CO1. The summed E-state index contributed by atoms with van der Waals surface area (Å²) in [5.74, 6) is 1.43. The van der Waals surface area contributed by atoms with E-state index in [9.17, 15) is 0 Å². The predicted molar refractivity (Wildman–Crippen MR) is 96.9 cm³/mol. The van der Waals surface area contributed by atoms with E-state index in [1.54, 1.807) is 7.11 Å². The molecule has 0 aliphatic carbocycles. The Hall–Kier alpha value is -2.75. The maximum atomic E-state index is 5.90. The molecule has 24 heavy (non-hydrogen) atoms. The molecule has 122 valence electrons. The van der Waals surface area contributed by atoms with Gasteiger partial charge in [0.1, 0.15) is 12.4 Å². The lowest BCUT2D eigenvalue weighted by molar-refractivity contribution is 0.278. The van der Waals surface area contributed by atoms with Crippen LogP contribution < -0.4 is 4.74 Å². The zero-order valence-electron chi connectivity index (χ0n) is 14.1. The molecule has 0 saturated carbocycles. The van der Waals surface area contributed by atoms with Crippen molar-refractivity contribution < 1.29 is 9.47 Å². The van der Waals surface area contributed by atoms with Crippen LogP contribution in [0.4, 0.5) is 0 Å². The minimum Gasteiger partial charge on any atom is -0.496 e. The zero-order valence-corrected chi connectivity index (χ0v) is 14.1. The summed E-state index contributed by atoms with van der Waals surface area (Å²) in [5, 5.41) is 1.18. The fourth-order valence-electron chi connectivity index (χ4n) is 3.10. The van der Waals surface area contributed by atoms with Crippen LogP contribution in [0.3, 0.4) is 0 Å². The van der Waals surface area contributed by atoms with Crippen LogP contribution in [0.2, 0.25) is 0 Å². The van der Waals surface area contributed by atoms with E-state index in [2.05, 4.69) is 49.2 Å². The fraction of sp³-hybridized carbons (Fsp3) is 0.250. The highest BCUT2D eigenvalue weighted by molar-refractivity contribution is 6.05. The number of ether oxygens (including phenoxy) is 2. The summed E-state index contributed by atoms with van der Waals surface area (Å²) in [6.45, 7) is 4.72. The normalized spacial score (nSPS) is 16.0. The Morgan fingerprint density at radius 1 is 1.17 bits per heavy atom. The minimum absolute atomic E-state index is 0.210. The molecule has 2 aromatic carbocycles. The van der Waals surface area contributed by atoms with Gasteiger partial charge >= 0.3 is 0 Å². The van der Waals surface area contributed by atoms with Gasteiger partial charge < -0.3 is 14.5 Å². The second-order valence-electron chi connectivity index (χ2n) is 6.68. The minimum atomic E-state index is -0.210. The van der Waals surface area contributed by atoms with Gasteiger partial charge in [0.2, 0.25) is 5.90 Å². The van der Waals surface area contributed by atoms with Gasteiger partial charge in [-0.25, -0.2) is 4.99 Å². The van der Waals surface area contributed by atoms with Crippen LogP contribution in [0.15, 0.2) is 53.7 Å². The first-order valence-electron chi connectivity index (χ1n) is 8.05.